The van der Waals surface area contributed by atoms with Crippen molar-refractivity contribution in [3.8, 4) is 0 Å². The first kappa shape index (κ1) is 51.2. The number of hydrogen-bond acceptors (Lipinski definition) is 0. The van der Waals surface area contributed by atoms with Gasteiger partial charge in [-0.05, 0) is 24.7 Å². The van der Waals surface area contributed by atoms with Crippen molar-refractivity contribution in [3.05, 3.63) is 30.6 Å². The van der Waals surface area contributed by atoms with Gasteiger partial charge in [-0.1, -0.05) is 277 Å². The van der Waals surface area contributed by atoms with E-state index < -0.39 is 0 Å². The predicted molar refractivity (Wildman–Crippen MR) is 245 cm³/mol. The Morgan fingerprint density at radius 3 is 0.722 bits per heavy atom. The van der Waals surface area contributed by atoms with E-state index in [1.807, 2.05) is 0 Å². The molecule has 1 aromatic heterocycles. The van der Waals surface area contributed by atoms with E-state index >= 15 is 0 Å². The molecule has 0 unspecified atom stereocenters. The SMILES string of the molecule is CCCCCCCCCCCCCCCCCCC(CCCCCCCCC)(CCCCCCCCCCCCCCCCCC)CC[n+]1ccccc1. The highest BCUT2D eigenvalue weighted by Crippen LogP contribution is 2.41. The molecule has 0 spiro atoms. The van der Waals surface area contributed by atoms with Crippen molar-refractivity contribution in [1.82, 2.24) is 0 Å². The number of rotatable bonds is 45. The van der Waals surface area contributed by atoms with Gasteiger partial charge in [0.05, 0.1) is 0 Å². The number of hydrogen-bond donors (Lipinski definition) is 0. The summed E-state index contributed by atoms with van der Waals surface area (Å²) in [5.74, 6) is 0. The zero-order chi connectivity index (χ0) is 38.7. The Morgan fingerprint density at radius 2 is 0.481 bits per heavy atom. The number of unbranched alkanes of at least 4 members (excludes halogenated alkanes) is 36. The van der Waals surface area contributed by atoms with Gasteiger partial charge in [-0.15, -0.1) is 0 Å². The molecule has 0 saturated carbocycles. The number of aryl methyl sites for hydroxylation is 1. The van der Waals surface area contributed by atoms with Crippen LogP contribution in [0.15, 0.2) is 30.6 Å². The van der Waals surface area contributed by atoms with Gasteiger partial charge in [0.2, 0.25) is 0 Å². The Balaban J connectivity index is 2.42. The number of aromatic nitrogens is 1. The molecule has 0 aliphatic heterocycles. The lowest BCUT2D eigenvalue weighted by Gasteiger charge is -2.34. The second-order valence-corrected chi connectivity index (χ2v) is 18.3. The van der Waals surface area contributed by atoms with Crippen LogP contribution < -0.4 is 4.57 Å². The third-order valence-electron chi connectivity index (χ3n) is 13.1. The van der Waals surface area contributed by atoms with E-state index in [4.69, 9.17) is 0 Å². The highest BCUT2D eigenvalue weighted by atomic mass is 14.9. The third kappa shape index (κ3) is 34.4. The van der Waals surface area contributed by atoms with Gasteiger partial charge in [-0.3, -0.25) is 0 Å². The Morgan fingerprint density at radius 1 is 0.259 bits per heavy atom. The molecular weight excluding hydrogens is 651 g/mol. The molecule has 1 aromatic rings. The maximum Gasteiger partial charge on any atom is 0.168 e. The fourth-order valence-electron chi connectivity index (χ4n) is 9.25. The molecule has 1 rings (SSSR count). The smallest absolute Gasteiger partial charge is 0.168 e. The average Bonchev–Trinajstić information content (AvgIpc) is 3.19. The van der Waals surface area contributed by atoms with E-state index in [2.05, 4.69) is 55.9 Å². The van der Waals surface area contributed by atoms with Crippen LogP contribution >= 0.6 is 0 Å². The van der Waals surface area contributed by atoms with Gasteiger partial charge in [0, 0.05) is 18.6 Å². The fraction of sp³-hybridized carbons (Fsp3) is 0.906. The Kier molecular flexibility index (Phi) is 39.6. The Bertz CT molecular complexity index is 780. The summed E-state index contributed by atoms with van der Waals surface area (Å²) in [7, 11) is 0. The fourth-order valence-corrected chi connectivity index (χ4v) is 9.25. The minimum atomic E-state index is 0.554. The minimum Gasteiger partial charge on any atom is -0.205 e. The first-order valence-electron chi connectivity index (χ1n) is 25.7. The summed E-state index contributed by atoms with van der Waals surface area (Å²) in [6.07, 6.45) is 67.4. The van der Waals surface area contributed by atoms with Crippen molar-refractivity contribution >= 4 is 0 Å². The summed E-state index contributed by atoms with van der Waals surface area (Å²) in [5, 5.41) is 0. The van der Waals surface area contributed by atoms with Crippen molar-refractivity contribution in [2.45, 2.75) is 303 Å². The molecule has 1 heteroatoms. The molecule has 0 bridgehead atoms. The Hall–Kier alpha value is -0.850. The molecule has 0 atom stereocenters. The van der Waals surface area contributed by atoms with Gasteiger partial charge in [0.25, 0.3) is 0 Å². The minimum absolute atomic E-state index is 0.554. The molecule has 54 heavy (non-hydrogen) atoms. The van der Waals surface area contributed by atoms with E-state index in [9.17, 15) is 0 Å². The van der Waals surface area contributed by atoms with Crippen molar-refractivity contribution in [1.29, 1.82) is 0 Å². The normalized spacial score (nSPS) is 11.9. The second kappa shape index (κ2) is 41.8. The molecule has 0 aliphatic rings. The topological polar surface area (TPSA) is 3.88 Å². The molecule has 0 amide bonds. The summed E-state index contributed by atoms with van der Waals surface area (Å²) in [6, 6.07) is 6.63. The summed E-state index contributed by atoms with van der Waals surface area (Å²) in [5.41, 5.74) is 0.554. The standard InChI is InChI=1S/C53H102N/c1-4-7-10-13-16-18-20-22-24-26-28-30-32-35-38-42-47-53(46-41-37-34-15-12-9-6-3,49-52-54-50-44-40-45-51-54)48-43-39-36-33-31-29-27-25-23-21-19-17-14-11-8-5-2/h40,44-45,50-51H,4-39,41-43,46-49,52H2,1-3H3/q+1. The lowest BCUT2D eigenvalue weighted by atomic mass is 9.71. The van der Waals surface area contributed by atoms with Crippen molar-refractivity contribution in [2.75, 3.05) is 0 Å². The van der Waals surface area contributed by atoms with Gasteiger partial charge >= 0.3 is 0 Å². The van der Waals surface area contributed by atoms with Gasteiger partial charge < -0.3 is 0 Å². The molecule has 1 heterocycles. The van der Waals surface area contributed by atoms with Crippen molar-refractivity contribution < 1.29 is 4.57 Å². The van der Waals surface area contributed by atoms with Crippen molar-refractivity contribution in [2.24, 2.45) is 5.41 Å². The molecule has 0 saturated heterocycles. The first-order chi connectivity index (χ1) is 26.8. The van der Waals surface area contributed by atoms with Crippen LogP contribution in [0.2, 0.25) is 0 Å². The largest absolute Gasteiger partial charge is 0.205 e. The first-order valence-corrected chi connectivity index (χ1v) is 25.7. The maximum atomic E-state index is 2.47. The van der Waals surface area contributed by atoms with Gasteiger partial charge in [0.15, 0.2) is 12.4 Å². The zero-order valence-corrected chi connectivity index (χ0v) is 37.9. The van der Waals surface area contributed by atoms with E-state index in [1.165, 1.54) is 283 Å². The quantitative estimate of drug-likeness (QED) is 0.0461. The zero-order valence-electron chi connectivity index (χ0n) is 37.9. The average molecular weight is 753 g/mol. The highest BCUT2D eigenvalue weighted by molar-refractivity contribution is 4.84. The van der Waals surface area contributed by atoms with Crippen LogP contribution in [0, 0.1) is 5.41 Å². The molecular formula is C53H102N+. The Labute approximate surface area is 342 Å². The molecule has 318 valence electrons. The maximum absolute atomic E-state index is 2.47. The second-order valence-electron chi connectivity index (χ2n) is 18.3. The molecule has 0 N–H and O–H groups in total. The summed E-state index contributed by atoms with van der Waals surface area (Å²) in [6.45, 7) is 8.19. The number of nitrogens with zero attached hydrogens (tertiary/aromatic N) is 1. The predicted octanol–water partition coefficient (Wildman–Crippen LogP) is 18.8. The molecule has 0 aromatic carbocycles. The van der Waals surface area contributed by atoms with Crippen LogP contribution in [-0.2, 0) is 6.54 Å². The summed E-state index contributed by atoms with van der Waals surface area (Å²) in [4.78, 5) is 0. The van der Waals surface area contributed by atoms with Gasteiger partial charge in [0.1, 0.15) is 6.54 Å². The van der Waals surface area contributed by atoms with E-state index in [0.29, 0.717) is 5.41 Å². The molecule has 0 aliphatic carbocycles. The summed E-state index contributed by atoms with van der Waals surface area (Å²) >= 11 is 0. The van der Waals surface area contributed by atoms with Crippen LogP contribution in [0.1, 0.15) is 297 Å². The summed E-state index contributed by atoms with van der Waals surface area (Å²) < 4.78 is 2.47. The lowest BCUT2D eigenvalue weighted by Crippen LogP contribution is -2.36. The lowest BCUT2D eigenvalue weighted by molar-refractivity contribution is -0.699. The van der Waals surface area contributed by atoms with Crippen LogP contribution in [0.3, 0.4) is 0 Å². The van der Waals surface area contributed by atoms with E-state index in [0.717, 1.165) is 0 Å². The monoisotopic (exact) mass is 753 g/mol. The van der Waals surface area contributed by atoms with E-state index in [1.54, 1.807) is 0 Å². The van der Waals surface area contributed by atoms with Gasteiger partial charge in [-0.25, -0.2) is 4.57 Å². The van der Waals surface area contributed by atoms with Crippen molar-refractivity contribution in [3.63, 3.8) is 0 Å². The number of pyridine rings is 1. The molecule has 1 nitrogen and oxygen atoms in total. The highest BCUT2D eigenvalue weighted by Gasteiger charge is 2.30. The van der Waals surface area contributed by atoms with Crippen LogP contribution in [0.4, 0.5) is 0 Å². The van der Waals surface area contributed by atoms with Gasteiger partial charge in [-0.2, -0.15) is 0 Å². The van der Waals surface area contributed by atoms with E-state index in [-0.39, 0.29) is 0 Å². The van der Waals surface area contributed by atoms with Crippen LogP contribution in [0.5, 0.6) is 0 Å². The third-order valence-corrected chi connectivity index (χ3v) is 13.1. The molecule has 0 fully saturated rings. The van der Waals surface area contributed by atoms with Crippen LogP contribution in [0.25, 0.3) is 0 Å². The molecule has 0 radical (unpaired) electrons. The van der Waals surface area contributed by atoms with Crippen LogP contribution in [-0.4, -0.2) is 0 Å².